The van der Waals surface area contributed by atoms with Gasteiger partial charge < -0.3 is 9.47 Å². The molecule has 0 saturated carbocycles. The zero-order valence-corrected chi connectivity index (χ0v) is 14.3. The van der Waals surface area contributed by atoms with Crippen LogP contribution < -0.4 is 0 Å². The highest BCUT2D eigenvalue weighted by atomic mass is 16.7. The first-order chi connectivity index (χ1) is 10.7. The monoisotopic (exact) mass is 302 g/mol. The van der Waals surface area contributed by atoms with Gasteiger partial charge in [0.2, 0.25) is 0 Å². The maximum absolute atomic E-state index is 6.06. The third kappa shape index (κ3) is 4.96. The maximum Gasteiger partial charge on any atom is 0.180 e. The minimum Gasteiger partial charge on any atom is -0.348 e. The quantitative estimate of drug-likeness (QED) is 0.624. The fourth-order valence-electron chi connectivity index (χ4n) is 2.66. The van der Waals surface area contributed by atoms with Crippen molar-refractivity contribution in [2.75, 3.05) is 13.2 Å². The maximum atomic E-state index is 6.06. The minimum absolute atomic E-state index is 0.164. The highest BCUT2D eigenvalue weighted by molar-refractivity contribution is 5.53. The molecule has 22 heavy (non-hydrogen) atoms. The number of rotatable bonds is 7. The van der Waals surface area contributed by atoms with E-state index in [9.17, 15) is 0 Å². The van der Waals surface area contributed by atoms with Gasteiger partial charge in [-0.1, -0.05) is 70.0 Å². The first-order valence-electron chi connectivity index (χ1n) is 8.65. The van der Waals surface area contributed by atoms with E-state index in [2.05, 4.69) is 51.1 Å². The summed E-state index contributed by atoms with van der Waals surface area (Å²) in [6.45, 7) is 8.25. The Bertz CT molecular complexity index is 456. The van der Waals surface area contributed by atoms with Gasteiger partial charge in [0.1, 0.15) is 0 Å². The topological polar surface area (TPSA) is 18.5 Å². The van der Waals surface area contributed by atoms with Crippen LogP contribution >= 0.6 is 0 Å². The molecule has 0 aliphatic carbocycles. The summed E-state index contributed by atoms with van der Waals surface area (Å²) in [5, 5.41) is 0. The molecule has 1 heterocycles. The summed E-state index contributed by atoms with van der Waals surface area (Å²) in [5.74, 6) is 0. The molecule has 1 fully saturated rings. The van der Waals surface area contributed by atoms with Gasteiger partial charge in [0.15, 0.2) is 6.29 Å². The fraction of sp³-hybridized carbons (Fsp3) is 0.600. The van der Waals surface area contributed by atoms with E-state index < -0.39 is 0 Å². The summed E-state index contributed by atoms with van der Waals surface area (Å²) >= 11 is 0. The zero-order valence-electron chi connectivity index (χ0n) is 14.3. The molecule has 0 N–H and O–H groups in total. The van der Waals surface area contributed by atoms with Crippen molar-refractivity contribution in [3.8, 4) is 0 Å². The Morgan fingerprint density at radius 1 is 1.14 bits per heavy atom. The molecule has 0 spiro atoms. The number of hydrogen-bond donors (Lipinski definition) is 0. The van der Waals surface area contributed by atoms with Crippen LogP contribution in [0.15, 0.2) is 35.9 Å². The third-order valence-electron chi connectivity index (χ3n) is 4.54. The second-order valence-electron chi connectivity index (χ2n) is 6.71. The Morgan fingerprint density at radius 3 is 2.41 bits per heavy atom. The van der Waals surface area contributed by atoms with Crippen LogP contribution in [0.3, 0.4) is 0 Å². The predicted octanol–water partition coefficient (Wildman–Crippen LogP) is 5.44. The van der Waals surface area contributed by atoms with E-state index in [1.165, 1.54) is 30.4 Å². The molecule has 1 aromatic rings. The van der Waals surface area contributed by atoms with Gasteiger partial charge >= 0.3 is 0 Å². The van der Waals surface area contributed by atoms with E-state index in [4.69, 9.17) is 9.47 Å². The van der Waals surface area contributed by atoms with Crippen molar-refractivity contribution in [2.45, 2.75) is 59.2 Å². The van der Waals surface area contributed by atoms with E-state index in [1.807, 2.05) is 6.07 Å². The standard InChI is InChI=1S/C20H30O2/c1-4-6-8-13-18(14-17-11-9-7-10-12-17)19-21-15-20(3,5-2)16-22-19/h7,9-12,14,19H,4-6,8,13,15-16H2,1-3H3/b18-14+. The van der Waals surface area contributed by atoms with Gasteiger partial charge in [0, 0.05) is 5.41 Å². The highest BCUT2D eigenvalue weighted by Gasteiger charge is 2.32. The number of benzene rings is 1. The molecule has 1 aliphatic heterocycles. The molecule has 0 radical (unpaired) electrons. The van der Waals surface area contributed by atoms with Crippen LogP contribution in [0.5, 0.6) is 0 Å². The van der Waals surface area contributed by atoms with Crippen LogP contribution in [-0.2, 0) is 9.47 Å². The third-order valence-corrected chi connectivity index (χ3v) is 4.54. The van der Waals surface area contributed by atoms with Crippen molar-refractivity contribution in [2.24, 2.45) is 5.41 Å². The number of hydrogen-bond acceptors (Lipinski definition) is 2. The predicted molar refractivity (Wildman–Crippen MR) is 92.7 cm³/mol. The van der Waals surface area contributed by atoms with Crippen molar-refractivity contribution in [3.63, 3.8) is 0 Å². The lowest BCUT2D eigenvalue weighted by Crippen LogP contribution is -2.40. The molecule has 1 aromatic carbocycles. The smallest absolute Gasteiger partial charge is 0.180 e. The van der Waals surface area contributed by atoms with Gasteiger partial charge in [0.05, 0.1) is 13.2 Å². The fourth-order valence-corrected chi connectivity index (χ4v) is 2.66. The average molecular weight is 302 g/mol. The van der Waals surface area contributed by atoms with Crippen LogP contribution in [0.4, 0.5) is 0 Å². The molecule has 1 saturated heterocycles. The lowest BCUT2D eigenvalue weighted by molar-refractivity contribution is -0.208. The van der Waals surface area contributed by atoms with Crippen LogP contribution in [-0.4, -0.2) is 19.5 Å². The Balaban J connectivity index is 2.06. The Labute approximate surface area is 135 Å². The second-order valence-corrected chi connectivity index (χ2v) is 6.71. The summed E-state index contributed by atoms with van der Waals surface area (Å²) in [7, 11) is 0. The van der Waals surface area contributed by atoms with Gasteiger partial charge in [-0.25, -0.2) is 0 Å². The molecule has 122 valence electrons. The lowest BCUT2D eigenvalue weighted by Gasteiger charge is -2.37. The second kappa shape index (κ2) is 8.50. The van der Waals surface area contributed by atoms with Gasteiger partial charge in [-0.05, 0) is 30.4 Å². The average Bonchev–Trinajstić information content (AvgIpc) is 2.56. The summed E-state index contributed by atoms with van der Waals surface area (Å²) in [4.78, 5) is 0. The SMILES string of the molecule is CCCCC/C(=C\c1ccccc1)C1OCC(C)(CC)CO1. The van der Waals surface area contributed by atoms with Crippen LogP contribution in [0, 0.1) is 5.41 Å². The van der Waals surface area contributed by atoms with Gasteiger partial charge in [-0.2, -0.15) is 0 Å². The summed E-state index contributed by atoms with van der Waals surface area (Å²) in [6.07, 6.45) is 7.91. The molecular formula is C20H30O2. The molecule has 0 unspecified atom stereocenters. The molecule has 1 aliphatic rings. The van der Waals surface area contributed by atoms with Crippen LogP contribution in [0.25, 0.3) is 6.08 Å². The molecule has 2 nitrogen and oxygen atoms in total. The summed E-state index contributed by atoms with van der Waals surface area (Å²) < 4.78 is 12.1. The summed E-state index contributed by atoms with van der Waals surface area (Å²) in [5.41, 5.74) is 2.67. The Kier molecular flexibility index (Phi) is 6.66. The molecule has 2 rings (SSSR count). The van der Waals surface area contributed by atoms with Gasteiger partial charge in [-0.3, -0.25) is 0 Å². The number of ether oxygens (including phenoxy) is 2. The lowest BCUT2D eigenvalue weighted by atomic mass is 9.89. The van der Waals surface area contributed by atoms with Crippen LogP contribution in [0.2, 0.25) is 0 Å². The Hall–Kier alpha value is -1.12. The summed E-state index contributed by atoms with van der Waals surface area (Å²) in [6, 6.07) is 10.5. The van der Waals surface area contributed by atoms with Gasteiger partial charge in [0.25, 0.3) is 0 Å². The van der Waals surface area contributed by atoms with Crippen molar-refractivity contribution >= 4 is 6.08 Å². The molecule has 0 amide bonds. The molecule has 0 atom stereocenters. The van der Waals surface area contributed by atoms with E-state index in [0.717, 1.165) is 26.1 Å². The normalized spacial score (nSPS) is 26.1. The van der Waals surface area contributed by atoms with E-state index in [0.29, 0.717) is 0 Å². The van der Waals surface area contributed by atoms with Crippen molar-refractivity contribution in [3.05, 3.63) is 41.5 Å². The van der Waals surface area contributed by atoms with E-state index in [1.54, 1.807) is 0 Å². The van der Waals surface area contributed by atoms with Crippen LogP contribution in [0.1, 0.15) is 58.4 Å². The Morgan fingerprint density at radius 2 is 1.82 bits per heavy atom. The molecular weight excluding hydrogens is 272 g/mol. The first kappa shape index (κ1) is 17.2. The molecule has 0 aromatic heterocycles. The van der Waals surface area contributed by atoms with E-state index in [-0.39, 0.29) is 11.7 Å². The van der Waals surface area contributed by atoms with Gasteiger partial charge in [-0.15, -0.1) is 0 Å². The molecule has 0 bridgehead atoms. The van der Waals surface area contributed by atoms with E-state index >= 15 is 0 Å². The van der Waals surface area contributed by atoms with Crippen molar-refractivity contribution in [1.29, 1.82) is 0 Å². The first-order valence-corrected chi connectivity index (χ1v) is 8.65. The molecule has 2 heteroatoms. The zero-order chi connectivity index (χ0) is 15.8. The highest BCUT2D eigenvalue weighted by Crippen LogP contribution is 2.31. The van der Waals surface area contributed by atoms with Crippen molar-refractivity contribution in [1.82, 2.24) is 0 Å². The van der Waals surface area contributed by atoms with Crippen molar-refractivity contribution < 1.29 is 9.47 Å². The largest absolute Gasteiger partial charge is 0.348 e. The minimum atomic E-state index is -0.170. The number of unbranched alkanes of at least 4 members (excludes halogenated alkanes) is 2.